The van der Waals surface area contributed by atoms with Gasteiger partial charge in [0.1, 0.15) is 6.17 Å². The summed E-state index contributed by atoms with van der Waals surface area (Å²) in [6.45, 7) is 2.13. The van der Waals surface area contributed by atoms with E-state index in [9.17, 15) is 19.4 Å². The van der Waals surface area contributed by atoms with Crippen molar-refractivity contribution in [2.75, 3.05) is 0 Å². The van der Waals surface area contributed by atoms with Crippen LogP contribution in [0, 0.1) is 17.3 Å². The molecule has 5 atom stereocenters. The average molecular weight is 385 g/mol. The zero-order valence-corrected chi connectivity index (χ0v) is 16.7. The molecule has 0 amide bonds. The number of rotatable bonds is 12. The summed E-state index contributed by atoms with van der Waals surface area (Å²) >= 11 is 0. The number of halogens is 1. The van der Waals surface area contributed by atoms with Crippen LogP contribution < -0.4 is 0 Å². The normalized spacial score (nSPS) is 31.1. The van der Waals surface area contributed by atoms with E-state index in [0.29, 0.717) is 12.8 Å². The lowest BCUT2D eigenvalue weighted by Gasteiger charge is -2.45. The van der Waals surface area contributed by atoms with E-state index in [-0.39, 0.29) is 36.2 Å². The second-order valence-corrected chi connectivity index (χ2v) is 8.66. The molecular weight excluding hydrogens is 347 g/mol. The van der Waals surface area contributed by atoms with E-state index in [1.54, 1.807) is 0 Å². The van der Waals surface area contributed by atoms with Crippen LogP contribution in [0.2, 0.25) is 0 Å². The monoisotopic (exact) mass is 384 g/mol. The van der Waals surface area contributed by atoms with Gasteiger partial charge < -0.3 is 15.3 Å². The number of hydrogen-bond donors (Lipinski definition) is 3. The van der Waals surface area contributed by atoms with Crippen LogP contribution in [0.5, 0.6) is 0 Å². The smallest absolute Gasteiger partial charge is 0.303 e. The molecule has 2 aliphatic rings. The van der Waals surface area contributed by atoms with E-state index in [1.807, 2.05) is 12.2 Å². The number of carboxylic acid groups (broad SMARTS) is 1. The summed E-state index contributed by atoms with van der Waals surface area (Å²) in [5, 5.41) is 29.4. The van der Waals surface area contributed by atoms with Gasteiger partial charge in [0, 0.05) is 18.8 Å². The van der Waals surface area contributed by atoms with Crippen molar-refractivity contribution < 1.29 is 24.5 Å². The second kappa shape index (κ2) is 10.6. The predicted molar refractivity (Wildman–Crippen MR) is 104 cm³/mol. The minimum absolute atomic E-state index is 0.0661. The molecule has 0 saturated heterocycles. The number of carbonyl (C=O) groups is 1. The Morgan fingerprint density at radius 2 is 1.96 bits per heavy atom. The van der Waals surface area contributed by atoms with E-state index >= 15 is 0 Å². The molecule has 4 nitrogen and oxygen atoms in total. The van der Waals surface area contributed by atoms with E-state index < -0.39 is 18.2 Å². The van der Waals surface area contributed by atoms with Gasteiger partial charge in [-0.05, 0) is 49.9 Å². The van der Waals surface area contributed by atoms with Crippen LogP contribution in [0.4, 0.5) is 4.39 Å². The first-order valence-electron chi connectivity index (χ1n) is 10.8. The van der Waals surface area contributed by atoms with Crippen LogP contribution in [-0.2, 0) is 4.79 Å². The molecule has 0 bridgehead atoms. The second-order valence-electron chi connectivity index (χ2n) is 8.66. The number of hydrogen-bond acceptors (Lipinski definition) is 3. The number of aliphatic hydroxyl groups is 2. The molecule has 2 saturated carbocycles. The van der Waals surface area contributed by atoms with E-state index in [2.05, 4.69) is 6.92 Å². The molecule has 5 heteroatoms. The van der Waals surface area contributed by atoms with Crippen molar-refractivity contribution >= 4 is 5.97 Å². The summed E-state index contributed by atoms with van der Waals surface area (Å²) in [5.74, 6) is -1.11. The van der Waals surface area contributed by atoms with Gasteiger partial charge >= 0.3 is 5.97 Å². The molecule has 2 fully saturated rings. The maximum atomic E-state index is 14.3. The standard InChI is InChI=1S/C22H37FO4/c1-2-22(13-8-14-22)20(25)11-7-10-17-16(18(23)15-19(17)24)9-5-3-4-6-12-21(26)27/h7,10,16-20,24-25H,2-6,8-9,11-15H2,1H3,(H,26,27)/t16-,17-,18?,19?,20?/m1/s1. The van der Waals surface area contributed by atoms with Crippen molar-refractivity contribution in [3.8, 4) is 0 Å². The highest BCUT2D eigenvalue weighted by Crippen LogP contribution is 2.47. The number of carboxylic acids is 1. The molecule has 156 valence electrons. The minimum Gasteiger partial charge on any atom is -0.481 e. The average Bonchev–Trinajstić information content (AvgIpc) is 2.84. The molecule has 3 unspecified atom stereocenters. The number of alkyl halides is 1. The van der Waals surface area contributed by atoms with Crippen LogP contribution in [0.3, 0.4) is 0 Å². The lowest BCUT2D eigenvalue weighted by atomic mass is 9.63. The summed E-state index contributed by atoms with van der Waals surface area (Å²) in [6, 6.07) is 0. The third-order valence-electron chi connectivity index (χ3n) is 7.03. The maximum absolute atomic E-state index is 14.3. The lowest BCUT2D eigenvalue weighted by molar-refractivity contribution is -0.137. The van der Waals surface area contributed by atoms with Gasteiger partial charge in [-0.1, -0.05) is 44.8 Å². The Hall–Kier alpha value is -0.940. The van der Waals surface area contributed by atoms with Crippen molar-refractivity contribution in [2.45, 2.75) is 102 Å². The quantitative estimate of drug-likeness (QED) is 0.338. The fraction of sp³-hybridized carbons (Fsp3) is 0.864. The van der Waals surface area contributed by atoms with Crippen molar-refractivity contribution in [1.29, 1.82) is 0 Å². The molecular formula is C22H37FO4. The largest absolute Gasteiger partial charge is 0.481 e. The molecule has 0 aromatic rings. The number of aliphatic hydroxyl groups excluding tert-OH is 2. The molecule has 0 aromatic carbocycles. The molecule has 0 heterocycles. The SMILES string of the molecule is CCC1(C(O)CC=C[C@H]2C(O)CC(F)[C@@H]2CCCCCCC(=O)O)CCC1. The van der Waals surface area contributed by atoms with Crippen LogP contribution in [-0.4, -0.2) is 39.7 Å². The van der Waals surface area contributed by atoms with Crippen LogP contribution >= 0.6 is 0 Å². The van der Waals surface area contributed by atoms with Crippen molar-refractivity contribution in [2.24, 2.45) is 17.3 Å². The highest BCUT2D eigenvalue weighted by atomic mass is 19.1. The van der Waals surface area contributed by atoms with Crippen LogP contribution in [0.1, 0.15) is 84.0 Å². The van der Waals surface area contributed by atoms with E-state index in [1.165, 1.54) is 6.42 Å². The van der Waals surface area contributed by atoms with E-state index in [0.717, 1.165) is 44.9 Å². The molecule has 3 N–H and O–H groups in total. The van der Waals surface area contributed by atoms with Gasteiger partial charge in [0.15, 0.2) is 0 Å². The van der Waals surface area contributed by atoms with Gasteiger partial charge in [-0.3, -0.25) is 4.79 Å². The third-order valence-corrected chi connectivity index (χ3v) is 7.03. The van der Waals surface area contributed by atoms with Gasteiger partial charge in [-0.15, -0.1) is 0 Å². The summed E-state index contributed by atoms with van der Waals surface area (Å²) in [4.78, 5) is 10.5. The first kappa shape index (κ1) is 22.4. The van der Waals surface area contributed by atoms with Crippen molar-refractivity contribution in [3.63, 3.8) is 0 Å². The molecule has 0 aliphatic heterocycles. The molecule has 2 rings (SSSR count). The van der Waals surface area contributed by atoms with Gasteiger partial charge in [-0.25, -0.2) is 4.39 Å². The van der Waals surface area contributed by atoms with Gasteiger partial charge in [-0.2, -0.15) is 0 Å². The first-order chi connectivity index (χ1) is 12.9. The Kier molecular flexibility index (Phi) is 8.74. The molecule has 0 spiro atoms. The zero-order chi connectivity index (χ0) is 19.9. The maximum Gasteiger partial charge on any atom is 0.303 e. The molecule has 27 heavy (non-hydrogen) atoms. The van der Waals surface area contributed by atoms with Gasteiger partial charge in [0.2, 0.25) is 0 Å². The Balaban J connectivity index is 1.77. The molecule has 0 radical (unpaired) electrons. The fourth-order valence-electron chi connectivity index (χ4n) is 4.91. The number of aliphatic carboxylic acids is 1. The topological polar surface area (TPSA) is 77.8 Å². The van der Waals surface area contributed by atoms with Crippen LogP contribution in [0.25, 0.3) is 0 Å². The van der Waals surface area contributed by atoms with Crippen LogP contribution in [0.15, 0.2) is 12.2 Å². The predicted octanol–water partition coefficient (Wildman–Crippen LogP) is 4.63. The Morgan fingerprint density at radius 1 is 1.26 bits per heavy atom. The third kappa shape index (κ3) is 6.02. The number of unbranched alkanes of at least 4 members (excludes halogenated alkanes) is 3. The zero-order valence-electron chi connectivity index (χ0n) is 16.7. The molecule has 0 aromatic heterocycles. The minimum atomic E-state index is -0.979. The highest BCUT2D eigenvalue weighted by molar-refractivity contribution is 5.66. The first-order valence-corrected chi connectivity index (χ1v) is 10.8. The summed E-state index contributed by atoms with van der Waals surface area (Å²) in [5.41, 5.74) is 0.0661. The van der Waals surface area contributed by atoms with E-state index in [4.69, 9.17) is 5.11 Å². The summed E-state index contributed by atoms with van der Waals surface area (Å²) < 4.78 is 14.3. The summed E-state index contributed by atoms with van der Waals surface area (Å²) in [6.07, 6.45) is 11.2. The van der Waals surface area contributed by atoms with Crippen molar-refractivity contribution in [1.82, 2.24) is 0 Å². The highest BCUT2D eigenvalue weighted by Gasteiger charge is 2.42. The van der Waals surface area contributed by atoms with Gasteiger partial charge in [0.05, 0.1) is 12.2 Å². The Bertz CT molecular complexity index is 483. The fourth-order valence-corrected chi connectivity index (χ4v) is 4.91. The van der Waals surface area contributed by atoms with Gasteiger partial charge in [0.25, 0.3) is 0 Å². The Labute approximate surface area is 162 Å². The molecule has 2 aliphatic carbocycles. The summed E-state index contributed by atoms with van der Waals surface area (Å²) in [7, 11) is 0. The lowest BCUT2D eigenvalue weighted by Crippen LogP contribution is -2.40. The Morgan fingerprint density at radius 3 is 2.56 bits per heavy atom. The van der Waals surface area contributed by atoms with Crippen molar-refractivity contribution in [3.05, 3.63) is 12.2 Å².